The van der Waals surface area contributed by atoms with Gasteiger partial charge in [0.15, 0.2) is 6.61 Å². The molecular formula is C22H22F3NO3. The average molecular weight is 405 g/mol. The molecule has 4 nitrogen and oxygen atoms in total. The molecule has 0 radical (unpaired) electrons. The molecule has 1 N–H and O–H groups in total. The molecule has 7 heteroatoms. The van der Waals surface area contributed by atoms with Gasteiger partial charge in [-0.3, -0.25) is 4.79 Å². The highest BCUT2D eigenvalue weighted by atomic mass is 19.4. The number of hydrogen-bond acceptors (Lipinski definition) is 3. The van der Waals surface area contributed by atoms with Gasteiger partial charge in [-0.05, 0) is 47.7 Å². The number of carbonyl (C=O) groups is 2. The highest BCUT2D eigenvalue weighted by Gasteiger charge is 2.29. The maximum Gasteiger partial charge on any atom is 0.416 e. The Bertz CT molecular complexity index is 874. The topological polar surface area (TPSA) is 55.4 Å². The van der Waals surface area contributed by atoms with Gasteiger partial charge in [-0.25, -0.2) is 4.79 Å². The third kappa shape index (κ3) is 6.78. The second kappa shape index (κ2) is 9.91. The van der Waals surface area contributed by atoms with Crippen LogP contribution in [-0.2, 0) is 20.5 Å². The first-order valence-electron chi connectivity index (χ1n) is 9.11. The molecule has 29 heavy (non-hydrogen) atoms. The average Bonchev–Trinajstić information content (AvgIpc) is 2.70. The first-order chi connectivity index (χ1) is 13.7. The van der Waals surface area contributed by atoms with Crippen LogP contribution in [0.25, 0.3) is 6.08 Å². The Balaban J connectivity index is 1.88. The number of nitrogens with one attached hydrogen (secondary N) is 1. The van der Waals surface area contributed by atoms with Gasteiger partial charge in [0, 0.05) is 11.8 Å². The van der Waals surface area contributed by atoms with Crippen LogP contribution in [0.5, 0.6) is 0 Å². The van der Waals surface area contributed by atoms with Crippen molar-refractivity contribution < 1.29 is 27.5 Å². The van der Waals surface area contributed by atoms with Gasteiger partial charge in [-0.1, -0.05) is 44.2 Å². The zero-order valence-electron chi connectivity index (χ0n) is 16.1. The monoisotopic (exact) mass is 405 g/mol. The zero-order valence-corrected chi connectivity index (χ0v) is 16.1. The summed E-state index contributed by atoms with van der Waals surface area (Å²) in [5.74, 6) is -0.979. The van der Waals surface area contributed by atoms with E-state index in [-0.39, 0.29) is 5.92 Å². The lowest BCUT2D eigenvalue weighted by Crippen LogP contribution is -2.21. The number of anilines is 1. The number of rotatable bonds is 7. The Kier molecular flexibility index (Phi) is 7.59. The second-order valence-corrected chi connectivity index (χ2v) is 6.51. The normalized spacial score (nSPS) is 12.6. The Morgan fingerprint density at radius 1 is 1.10 bits per heavy atom. The van der Waals surface area contributed by atoms with Crippen molar-refractivity contribution >= 4 is 23.6 Å². The second-order valence-electron chi connectivity index (χ2n) is 6.51. The number of para-hydroxylation sites is 1. The number of amides is 1. The lowest BCUT2D eigenvalue weighted by molar-refractivity contribution is -0.142. The Morgan fingerprint density at radius 3 is 2.38 bits per heavy atom. The van der Waals surface area contributed by atoms with E-state index in [4.69, 9.17) is 4.74 Å². The fraction of sp³-hybridized carbons (Fsp3) is 0.273. The molecule has 0 spiro atoms. The predicted molar refractivity (Wildman–Crippen MR) is 105 cm³/mol. The highest BCUT2D eigenvalue weighted by Crippen LogP contribution is 2.29. The minimum atomic E-state index is -4.41. The van der Waals surface area contributed by atoms with Crippen LogP contribution in [0.1, 0.15) is 42.9 Å². The number of carbonyl (C=O) groups excluding carboxylic acids is 2. The third-order valence-electron chi connectivity index (χ3n) is 4.37. The van der Waals surface area contributed by atoms with Crippen LogP contribution in [-0.4, -0.2) is 18.5 Å². The minimum Gasteiger partial charge on any atom is -0.452 e. The van der Waals surface area contributed by atoms with Gasteiger partial charge >= 0.3 is 12.1 Å². The largest absolute Gasteiger partial charge is 0.452 e. The van der Waals surface area contributed by atoms with Crippen molar-refractivity contribution in [1.29, 1.82) is 0 Å². The van der Waals surface area contributed by atoms with Crippen molar-refractivity contribution in [3.8, 4) is 0 Å². The summed E-state index contributed by atoms with van der Waals surface area (Å²) in [6.07, 6.45) is -1.12. The van der Waals surface area contributed by atoms with E-state index in [1.165, 1.54) is 18.2 Å². The van der Waals surface area contributed by atoms with E-state index in [0.29, 0.717) is 11.3 Å². The quantitative estimate of drug-likeness (QED) is 0.495. The number of halogens is 3. The predicted octanol–water partition coefficient (Wildman–Crippen LogP) is 5.41. The van der Waals surface area contributed by atoms with Gasteiger partial charge in [-0.15, -0.1) is 0 Å². The van der Waals surface area contributed by atoms with Gasteiger partial charge in [0.05, 0.1) is 5.56 Å². The van der Waals surface area contributed by atoms with Gasteiger partial charge in [-0.2, -0.15) is 13.2 Å². The smallest absolute Gasteiger partial charge is 0.416 e. The van der Waals surface area contributed by atoms with Gasteiger partial charge in [0.2, 0.25) is 0 Å². The lowest BCUT2D eigenvalue weighted by atomic mass is 9.97. The molecule has 1 atom stereocenters. The van der Waals surface area contributed by atoms with Crippen molar-refractivity contribution in [2.24, 2.45) is 0 Å². The van der Waals surface area contributed by atoms with Crippen LogP contribution in [0, 0.1) is 0 Å². The molecule has 0 saturated carbocycles. The summed E-state index contributed by atoms with van der Waals surface area (Å²) in [6, 6.07) is 11.7. The van der Waals surface area contributed by atoms with E-state index in [1.54, 1.807) is 12.1 Å². The lowest BCUT2D eigenvalue weighted by Gasteiger charge is -2.15. The molecule has 0 aliphatic rings. The molecule has 0 aliphatic heterocycles. The minimum absolute atomic E-state index is 0.265. The van der Waals surface area contributed by atoms with E-state index >= 15 is 0 Å². The summed E-state index contributed by atoms with van der Waals surface area (Å²) < 4.78 is 42.5. The maximum absolute atomic E-state index is 12.5. The molecule has 2 aromatic carbocycles. The number of hydrogen-bond donors (Lipinski definition) is 1. The Morgan fingerprint density at radius 2 is 1.76 bits per heavy atom. The number of ether oxygens (including phenoxy) is 1. The van der Waals surface area contributed by atoms with E-state index in [9.17, 15) is 22.8 Å². The van der Waals surface area contributed by atoms with E-state index in [0.717, 1.165) is 30.2 Å². The first kappa shape index (κ1) is 22.2. The van der Waals surface area contributed by atoms with Crippen molar-refractivity contribution in [2.45, 2.75) is 32.4 Å². The summed E-state index contributed by atoms with van der Waals surface area (Å²) >= 11 is 0. The van der Waals surface area contributed by atoms with Crippen LogP contribution in [0.4, 0.5) is 18.9 Å². The molecule has 0 heterocycles. The van der Waals surface area contributed by atoms with Gasteiger partial charge < -0.3 is 10.1 Å². The third-order valence-corrected chi connectivity index (χ3v) is 4.37. The first-order valence-corrected chi connectivity index (χ1v) is 9.11. The van der Waals surface area contributed by atoms with Crippen LogP contribution >= 0.6 is 0 Å². The van der Waals surface area contributed by atoms with Gasteiger partial charge in [0.25, 0.3) is 5.91 Å². The summed E-state index contributed by atoms with van der Waals surface area (Å²) in [5.41, 5.74) is 1.30. The number of esters is 1. The van der Waals surface area contributed by atoms with Gasteiger partial charge in [0.1, 0.15) is 0 Å². The van der Waals surface area contributed by atoms with Crippen LogP contribution in [0.15, 0.2) is 54.6 Å². The fourth-order valence-corrected chi connectivity index (χ4v) is 2.58. The molecule has 154 valence electrons. The molecule has 0 fully saturated rings. The Labute approximate surface area is 167 Å². The highest BCUT2D eigenvalue weighted by molar-refractivity contribution is 5.95. The maximum atomic E-state index is 12.5. The van der Waals surface area contributed by atoms with Crippen LogP contribution in [0.2, 0.25) is 0 Å². The van der Waals surface area contributed by atoms with E-state index < -0.39 is 30.2 Å². The summed E-state index contributed by atoms with van der Waals surface area (Å²) in [5, 5.41) is 2.73. The molecule has 2 aromatic rings. The summed E-state index contributed by atoms with van der Waals surface area (Å²) in [6.45, 7) is 3.64. The Hall–Kier alpha value is -3.09. The molecule has 0 bridgehead atoms. The fourth-order valence-electron chi connectivity index (χ4n) is 2.58. The zero-order chi connectivity index (χ0) is 21.4. The summed E-state index contributed by atoms with van der Waals surface area (Å²) in [4.78, 5) is 23.8. The standard InChI is InChI=1S/C22H22F3NO3/c1-3-15(2)18-6-4-5-7-19(18)26-20(27)14-29-21(28)13-10-16-8-11-17(12-9-16)22(23,24)25/h4-13,15H,3,14H2,1-2H3,(H,26,27)/b13-10+/t15-/m0/s1. The van der Waals surface area contributed by atoms with Crippen LogP contribution in [0.3, 0.4) is 0 Å². The molecule has 0 aliphatic carbocycles. The molecule has 0 aromatic heterocycles. The van der Waals surface area contributed by atoms with Crippen molar-refractivity contribution in [2.75, 3.05) is 11.9 Å². The summed E-state index contributed by atoms with van der Waals surface area (Å²) in [7, 11) is 0. The van der Waals surface area contributed by atoms with Crippen molar-refractivity contribution in [3.05, 3.63) is 71.3 Å². The molecule has 1 amide bonds. The van der Waals surface area contributed by atoms with Crippen molar-refractivity contribution in [1.82, 2.24) is 0 Å². The van der Waals surface area contributed by atoms with Crippen LogP contribution < -0.4 is 5.32 Å². The number of alkyl halides is 3. The van der Waals surface area contributed by atoms with E-state index in [1.807, 2.05) is 19.1 Å². The molecule has 2 rings (SSSR count). The molecule has 0 saturated heterocycles. The molecular weight excluding hydrogens is 383 g/mol. The van der Waals surface area contributed by atoms with Crippen molar-refractivity contribution in [3.63, 3.8) is 0 Å². The number of benzene rings is 2. The SMILES string of the molecule is CC[C@H](C)c1ccccc1NC(=O)COC(=O)/C=C/c1ccc(C(F)(F)F)cc1. The van der Waals surface area contributed by atoms with E-state index in [2.05, 4.69) is 12.2 Å². The molecule has 0 unspecified atom stereocenters.